The molecular formula is C8H16N2O6S. The monoisotopic (exact) mass is 268 g/mol. The van der Waals surface area contributed by atoms with Gasteiger partial charge in [0.1, 0.15) is 9.84 Å². The molecule has 1 unspecified atom stereocenters. The fourth-order valence-corrected chi connectivity index (χ4v) is 1.42. The zero-order valence-electron chi connectivity index (χ0n) is 9.58. The third kappa shape index (κ3) is 7.53. The van der Waals surface area contributed by atoms with Crippen LogP contribution in [0.4, 0.5) is 4.79 Å². The van der Waals surface area contributed by atoms with Crippen LogP contribution in [-0.2, 0) is 14.6 Å². The molecular weight excluding hydrogens is 252 g/mol. The van der Waals surface area contributed by atoms with E-state index in [0.29, 0.717) is 0 Å². The molecule has 0 saturated carbocycles. The molecule has 0 aromatic heterocycles. The Morgan fingerprint density at radius 1 is 1.41 bits per heavy atom. The Bertz CT molecular complexity index is 379. The number of carbonyl (C=O) groups is 2. The van der Waals surface area contributed by atoms with Crippen LogP contribution < -0.4 is 5.32 Å². The van der Waals surface area contributed by atoms with Crippen molar-refractivity contribution in [3.8, 4) is 0 Å². The summed E-state index contributed by atoms with van der Waals surface area (Å²) in [7, 11) is -1.79. The summed E-state index contributed by atoms with van der Waals surface area (Å²) in [5.41, 5.74) is 0. The number of amides is 2. The first-order valence-electron chi connectivity index (χ1n) is 4.71. The molecule has 0 rings (SSSR count). The molecule has 0 aliphatic carbocycles. The molecule has 0 fully saturated rings. The number of sulfone groups is 1. The Labute approximate surface area is 99.1 Å². The molecule has 2 amide bonds. The predicted octanol–water partition coefficient (Wildman–Crippen LogP) is -1.88. The zero-order valence-corrected chi connectivity index (χ0v) is 10.4. The van der Waals surface area contributed by atoms with Crippen molar-refractivity contribution >= 4 is 21.8 Å². The Kier molecular flexibility index (Phi) is 5.89. The van der Waals surface area contributed by atoms with Gasteiger partial charge in [0, 0.05) is 19.8 Å². The lowest BCUT2D eigenvalue weighted by Gasteiger charge is -2.17. The summed E-state index contributed by atoms with van der Waals surface area (Å²) in [6.07, 6.45) is -0.630. The first-order chi connectivity index (χ1) is 7.63. The molecule has 0 radical (unpaired) electrons. The Morgan fingerprint density at radius 3 is 2.35 bits per heavy atom. The van der Waals surface area contributed by atoms with Crippen LogP contribution in [0, 0.1) is 0 Å². The van der Waals surface area contributed by atoms with Crippen LogP contribution in [0.2, 0.25) is 0 Å². The zero-order chi connectivity index (χ0) is 13.6. The average molecular weight is 268 g/mol. The summed E-state index contributed by atoms with van der Waals surface area (Å²) >= 11 is 0. The summed E-state index contributed by atoms with van der Waals surface area (Å²) in [6.45, 7) is -0.439. The van der Waals surface area contributed by atoms with Gasteiger partial charge in [-0.1, -0.05) is 0 Å². The molecule has 0 spiro atoms. The number of nitrogens with zero attached hydrogens (tertiary/aromatic N) is 1. The molecule has 0 heterocycles. The molecule has 1 atom stereocenters. The number of rotatable bonds is 6. The SMILES string of the molecule is CN(CCS(C)(=O)=O)C(=O)NCC(O)C(=O)O. The van der Waals surface area contributed by atoms with Crippen molar-refractivity contribution in [2.45, 2.75) is 6.10 Å². The molecule has 17 heavy (non-hydrogen) atoms. The molecule has 8 nitrogen and oxygen atoms in total. The van der Waals surface area contributed by atoms with Crippen LogP contribution in [0.15, 0.2) is 0 Å². The normalized spacial score (nSPS) is 12.9. The summed E-state index contributed by atoms with van der Waals surface area (Å²) in [5.74, 6) is -1.62. The fraction of sp³-hybridized carbons (Fsp3) is 0.750. The third-order valence-corrected chi connectivity index (χ3v) is 2.80. The number of aliphatic hydroxyl groups is 1. The van der Waals surface area contributed by atoms with Gasteiger partial charge in [0.05, 0.1) is 12.3 Å². The largest absolute Gasteiger partial charge is 0.479 e. The number of carboxylic acids is 1. The van der Waals surface area contributed by atoms with Gasteiger partial charge in [0.15, 0.2) is 6.10 Å². The van der Waals surface area contributed by atoms with Gasteiger partial charge >= 0.3 is 12.0 Å². The fourth-order valence-electron chi connectivity index (χ4n) is 0.811. The van der Waals surface area contributed by atoms with Gasteiger partial charge in [0.25, 0.3) is 0 Å². The highest BCUT2D eigenvalue weighted by molar-refractivity contribution is 7.90. The first-order valence-corrected chi connectivity index (χ1v) is 6.77. The maximum absolute atomic E-state index is 11.3. The molecule has 100 valence electrons. The summed E-state index contributed by atoms with van der Waals surface area (Å²) < 4.78 is 21.7. The van der Waals surface area contributed by atoms with E-state index >= 15 is 0 Å². The molecule has 9 heteroatoms. The van der Waals surface area contributed by atoms with Crippen LogP contribution in [0.5, 0.6) is 0 Å². The predicted molar refractivity (Wildman–Crippen MR) is 59.4 cm³/mol. The lowest BCUT2D eigenvalue weighted by atomic mass is 10.3. The van der Waals surface area contributed by atoms with Crippen molar-refractivity contribution in [3.05, 3.63) is 0 Å². The highest BCUT2D eigenvalue weighted by atomic mass is 32.2. The standard InChI is InChI=1S/C8H16N2O6S/c1-10(3-4-17(2,15)16)8(14)9-5-6(11)7(12)13/h6,11H,3-5H2,1-2H3,(H,9,14)(H,12,13). The van der Waals surface area contributed by atoms with E-state index in [1.54, 1.807) is 0 Å². The van der Waals surface area contributed by atoms with Gasteiger partial charge in [-0.05, 0) is 0 Å². The number of urea groups is 1. The second-order valence-corrected chi connectivity index (χ2v) is 5.85. The smallest absolute Gasteiger partial charge is 0.334 e. The second-order valence-electron chi connectivity index (χ2n) is 3.59. The number of nitrogens with one attached hydrogen (secondary N) is 1. The van der Waals surface area contributed by atoms with Gasteiger partial charge in [-0.3, -0.25) is 0 Å². The first kappa shape index (κ1) is 15.7. The number of aliphatic hydroxyl groups excluding tert-OH is 1. The van der Waals surface area contributed by atoms with E-state index in [1.807, 2.05) is 0 Å². The van der Waals surface area contributed by atoms with Gasteiger partial charge in [-0.15, -0.1) is 0 Å². The molecule has 3 N–H and O–H groups in total. The number of carboxylic acid groups (broad SMARTS) is 1. The quantitative estimate of drug-likeness (QED) is 0.518. The molecule has 0 aromatic rings. The van der Waals surface area contributed by atoms with E-state index in [9.17, 15) is 18.0 Å². The van der Waals surface area contributed by atoms with E-state index in [4.69, 9.17) is 10.2 Å². The van der Waals surface area contributed by atoms with Crippen molar-refractivity contribution < 1.29 is 28.2 Å². The number of hydrogen-bond acceptors (Lipinski definition) is 5. The van der Waals surface area contributed by atoms with Crippen LogP contribution in [-0.4, -0.2) is 73.8 Å². The van der Waals surface area contributed by atoms with Crippen molar-refractivity contribution in [3.63, 3.8) is 0 Å². The van der Waals surface area contributed by atoms with Crippen molar-refractivity contribution in [1.29, 1.82) is 0 Å². The number of carbonyl (C=O) groups excluding carboxylic acids is 1. The lowest BCUT2D eigenvalue weighted by Crippen LogP contribution is -2.44. The molecule has 0 bridgehead atoms. The van der Waals surface area contributed by atoms with Crippen LogP contribution in [0.3, 0.4) is 0 Å². The minimum Gasteiger partial charge on any atom is -0.479 e. The number of aliphatic carboxylic acids is 1. The minimum absolute atomic E-state index is 0.00612. The van der Waals surface area contributed by atoms with Crippen LogP contribution >= 0.6 is 0 Å². The Morgan fingerprint density at radius 2 is 1.94 bits per heavy atom. The van der Waals surface area contributed by atoms with Gasteiger partial charge in [-0.25, -0.2) is 18.0 Å². The molecule has 0 aliphatic heterocycles. The maximum atomic E-state index is 11.3. The summed E-state index contributed by atoms with van der Waals surface area (Å²) in [6, 6.07) is -0.644. The van der Waals surface area contributed by atoms with Gasteiger partial charge < -0.3 is 20.4 Å². The Hall–Kier alpha value is -1.35. The average Bonchev–Trinajstić information content (AvgIpc) is 2.20. The van der Waals surface area contributed by atoms with E-state index in [-0.39, 0.29) is 12.3 Å². The molecule has 0 saturated heterocycles. The van der Waals surface area contributed by atoms with Crippen LogP contribution in [0.1, 0.15) is 0 Å². The second kappa shape index (κ2) is 6.40. The van der Waals surface area contributed by atoms with E-state index in [0.717, 1.165) is 11.2 Å². The Balaban J connectivity index is 4.03. The number of hydrogen-bond donors (Lipinski definition) is 3. The van der Waals surface area contributed by atoms with E-state index in [1.165, 1.54) is 7.05 Å². The maximum Gasteiger partial charge on any atom is 0.334 e. The summed E-state index contributed by atoms with van der Waals surface area (Å²) in [5, 5.41) is 19.4. The van der Waals surface area contributed by atoms with Crippen molar-refractivity contribution in [2.24, 2.45) is 0 Å². The molecule has 0 aliphatic rings. The van der Waals surface area contributed by atoms with Gasteiger partial charge in [0.2, 0.25) is 0 Å². The highest BCUT2D eigenvalue weighted by Crippen LogP contribution is 1.90. The minimum atomic E-state index is -3.16. The third-order valence-electron chi connectivity index (χ3n) is 1.88. The van der Waals surface area contributed by atoms with E-state index in [2.05, 4.69) is 5.32 Å². The summed E-state index contributed by atoms with van der Waals surface area (Å²) in [4.78, 5) is 22.6. The highest BCUT2D eigenvalue weighted by Gasteiger charge is 2.16. The van der Waals surface area contributed by atoms with E-state index < -0.39 is 34.5 Å². The molecule has 0 aromatic carbocycles. The topological polar surface area (TPSA) is 124 Å². The lowest BCUT2D eigenvalue weighted by molar-refractivity contribution is -0.146. The van der Waals surface area contributed by atoms with Crippen molar-refractivity contribution in [2.75, 3.05) is 32.1 Å². The van der Waals surface area contributed by atoms with Crippen molar-refractivity contribution in [1.82, 2.24) is 10.2 Å². The van der Waals surface area contributed by atoms with Gasteiger partial charge in [-0.2, -0.15) is 0 Å². The van der Waals surface area contributed by atoms with Crippen LogP contribution in [0.25, 0.3) is 0 Å².